The second-order valence-corrected chi connectivity index (χ2v) is 5.24. The SMILES string of the molecule is CCN(CCCO)CCCC(=O)Nc1cc(N)ccc1C. The molecule has 0 aliphatic rings. The third-order valence-electron chi connectivity index (χ3n) is 3.49. The number of nitrogens with zero attached hydrogens (tertiary/aromatic N) is 1. The number of nitrogen functional groups attached to an aromatic ring is 1. The molecule has 0 atom stereocenters. The number of hydrogen-bond donors (Lipinski definition) is 3. The van der Waals surface area contributed by atoms with Gasteiger partial charge in [0.1, 0.15) is 0 Å². The molecular weight excluding hydrogens is 266 g/mol. The van der Waals surface area contributed by atoms with E-state index in [-0.39, 0.29) is 12.5 Å². The van der Waals surface area contributed by atoms with Crippen molar-refractivity contribution in [2.45, 2.75) is 33.1 Å². The van der Waals surface area contributed by atoms with E-state index in [1.807, 2.05) is 19.1 Å². The highest BCUT2D eigenvalue weighted by Crippen LogP contribution is 2.18. The van der Waals surface area contributed by atoms with Crippen molar-refractivity contribution in [1.82, 2.24) is 4.90 Å². The summed E-state index contributed by atoms with van der Waals surface area (Å²) in [5.74, 6) is 0.0157. The highest BCUT2D eigenvalue weighted by Gasteiger charge is 2.07. The molecule has 0 radical (unpaired) electrons. The molecule has 0 heterocycles. The molecule has 118 valence electrons. The summed E-state index contributed by atoms with van der Waals surface area (Å²) >= 11 is 0. The lowest BCUT2D eigenvalue weighted by Crippen LogP contribution is -2.27. The van der Waals surface area contributed by atoms with Crippen molar-refractivity contribution in [3.05, 3.63) is 23.8 Å². The summed E-state index contributed by atoms with van der Waals surface area (Å²) in [5.41, 5.74) is 8.17. The molecule has 0 aliphatic heterocycles. The van der Waals surface area contributed by atoms with E-state index in [1.54, 1.807) is 6.07 Å². The zero-order valence-electron chi connectivity index (χ0n) is 13.1. The Morgan fingerprint density at radius 2 is 2.05 bits per heavy atom. The topological polar surface area (TPSA) is 78.6 Å². The number of aliphatic hydroxyl groups excluding tert-OH is 1. The molecule has 0 saturated heterocycles. The minimum absolute atomic E-state index is 0.0157. The number of amides is 1. The van der Waals surface area contributed by atoms with Crippen LogP contribution in [0.25, 0.3) is 0 Å². The first kappa shape index (κ1) is 17.5. The average Bonchev–Trinajstić information content (AvgIpc) is 2.46. The van der Waals surface area contributed by atoms with Crippen molar-refractivity contribution in [3.8, 4) is 0 Å². The Kier molecular flexibility index (Phi) is 7.79. The van der Waals surface area contributed by atoms with Crippen molar-refractivity contribution in [3.63, 3.8) is 0 Å². The second kappa shape index (κ2) is 9.37. The molecule has 1 amide bonds. The van der Waals surface area contributed by atoms with Crippen LogP contribution in [-0.4, -0.2) is 42.2 Å². The van der Waals surface area contributed by atoms with E-state index in [2.05, 4.69) is 17.1 Å². The van der Waals surface area contributed by atoms with Crippen molar-refractivity contribution >= 4 is 17.3 Å². The van der Waals surface area contributed by atoms with Gasteiger partial charge in [0.15, 0.2) is 0 Å². The number of rotatable bonds is 9. The molecular formula is C16H27N3O2. The van der Waals surface area contributed by atoms with Gasteiger partial charge in [-0.3, -0.25) is 4.79 Å². The summed E-state index contributed by atoms with van der Waals surface area (Å²) in [5, 5.41) is 11.7. The van der Waals surface area contributed by atoms with Crippen LogP contribution in [0.5, 0.6) is 0 Å². The summed E-state index contributed by atoms with van der Waals surface area (Å²) in [6, 6.07) is 5.51. The van der Waals surface area contributed by atoms with Crippen molar-refractivity contribution in [2.24, 2.45) is 0 Å². The standard InChI is InChI=1S/C16H27N3O2/c1-3-19(10-5-11-20)9-4-6-16(21)18-15-12-14(17)8-7-13(15)2/h7-8,12,20H,3-6,9-11,17H2,1-2H3,(H,18,21). The van der Waals surface area contributed by atoms with E-state index in [1.165, 1.54) is 0 Å². The third kappa shape index (κ3) is 6.60. The molecule has 0 saturated carbocycles. The minimum atomic E-state index is 0.0157. The maximum Gasteiger partial charge on any atom is 0.224 e. The zero-order valence-corrected chi connectivity index (χ0v) is 13.1. The van der Waals surface area contributed by atoms with E-state index in [0.717, 1.165) is 43.7 Å². The molecule has 5 nitrogen and oxygen atoms in total. The molecule has 21 heavy (non-hydrogen) atoms. The van der Waals surface area contributed by atoms with Gasteiger partial charge < -0.3 is 21.1 Å². The molecule has 0 fully saturated rings. The van der Waals surface area contributed by atoms with Gasteiger partial charge >= 0.3 is 0 Å². The van der Waals surface area contributed by atoms with Gasteiger partial charge in [-0.1, -0.05) is 13.0 Å². The predicted octanol–water partition coefficient (Wildman–Crippen LogP) is 2.00. The smallest absolute Gasteiger partial charge is 0.224 e. The Balaban J connectivity index is 2.35. The normalized spacial score (nSPS) is 10.9. The van der Waals surface area contributed by atoms with E-state index >= 15 is 0 Å². The first-order valence-corrected chi connectivity index (χ1v) is 7.56. The lowest BCUT2D eigenvalue weighted by Gasteiger charge is -2.19. The largest absolute Gasteiger partial charge is 0.399 e. The maximum atomic E-state index is 11.9. The molecule has 0 spiro atoms. The molecule has 1 rings (SSSR count). The van der Waals surface area contributed by atoms with Crippen LogP contribution in [0.1, 0.15) is 31.7 Å². The number of benzene rings is 1. The summed E-state index contributed by atoms with van der Waals surface area (Å²) in [4.78, 5) is 14.2. The lowest BCUT2D eigenvalue weighted by atomic mass is 10.1. The second-order valence-electron chi connectivity index (χ2n) is 5.24. The van der Waals surface area contributed by atoms with Crippen LogP contribution in [0.3, 0.4) is 0 Å². The Morgan fingerprint density at radius 1 is 1.33 bits per heavy atom. The Labute approximate surface area is 127 Å². The summed E-state index contributed by atoms with van der Waals surface area (Å²) in [6.07, 6.45) is 2.08. The fourth-order valence-corrected chi connectivity index (χ4v) is 2.17. The molecule has 4 N–H and O–H groups in total. The van der Waals surface area contributed by atoms with Gasteiger partial charge in [0.2, 0.25) is 5.91 Å². The van der Waals surface area contributed by atoms with Crippen LogP contribution in [0.2, 0.25) is 0 Å². The zero-order chi connectivity index (χ0) is 15.7. The van der Waals surface area contributed by atoms with E-state index < -0.39 is 0 Å². The molecule has 0 aliphatic carbocycles. The number of carbonyl (C=O) groups is 1. The minimum Gasteiger partial charge on any atom is -0.399 e. The summed E-state index contributed by atoms with van der Waals surface area (Å²) in [7, 11) is 0. The van der Waals surface area contributed by atoms with Crippen LogP contribution in [0, 0.1) is 6.92 Å². The number of nitrogens with one attached hydrogen (secondary N) is 1. The van der Waals surface area contributed by atoms with Gasteiger partial charge in [-0.25, -0.2) is 0 Å². The number of anilines is 2. The number of aryl methyl sites for hydroxylation is 1. The van der Waals surface area contributed by atoms with Crippen LogP contribution >= 0.6 is 0 Å². The van der Waals surface area contributed by atoms with Crippen LogP contribution in [-0.2, 0) is 4.79 Å². The van der Waals surface area contributed by atoms with Crippen LogP contribution in [0.4, 0.5) is 11.4 Å². The van der Waals surface area contributed by atoms with Gasteiger partial charge in [0.05, 0.1) is 0 Å². The molecule has 1 aromatic carbocycles. The maximum absolute atomic E-state index is 11.9. The van der Waals surface area contributed by atoms with Crippen molar-refractivity contribution < 1.29 is 9.90 Å². The van der Waals surface area contributed by atoms with Gasteiger partial charge in [-0.15, -0.1) is 0 Å². The number of hydrogen-bond acceptors (Lipinski definition) is 4. The third-order valence-corrected chi connectivity index (χ3v) is 3.49. The van der Waals surface area contributed by atoms with Crippen molar-refractivity contribution in [1.29, 1.82) is 0 Å². The van der Waals surface area contributed by atoms with Crippen molar-refractivity contribution in [2.75, 3.05) is 37.3 Å². The van der Waals surface area contributed by atoms with E-state index in [0.29, 0.717) is 12.1 Å². The average molecular weight is 293 g/mol. The van der Waals surface area contributed by atoms with Gasteiger partial charge in [-0.05, 0) is 50.6 Å². The van der Waals surface area contributed by atoms with Crippen LogP contribution < -0.4 is 11.1 Å². The Morgan fingerprint density at radius 3 is 2.71 bits per heavy atom. The first-order chi connectivity index (χ1) is 10.1. The number of carbonyl (C=O) groups excluding carboxylic acids is 1. The van der Waals surface area contributed by atoms with Gasteiger partial charge in [0, 0.05) is 30.9 Å². The molecule has 5 heteroatoms. The summed E-state index contributed by atoms with van der Waals surface area (Å²) in [6.45, 7) is 6.95. The molecule has 0 aromatic heterocycles. The fourth-order valence-electron chi connectivity index (χ4n) is 2.17. The highest BCUT2D eigenvalue weighted by atomic mass is 16.3. The van der Waals surface area contributed by atoms with E-state index in [4.69, 9.17) is 10.8 Å². The Hall–Kier alpha value is -1.59. The monoisotopic (exact) mass is 293 g/mol. The lowest BCUT2D eigenvalue weighted by molar-refractivity contribution is -0.116. The number of nitrogens with two attached hydrogens (primary N) is 1. The molecule has 1 aromatic rings. The Bertz CT molecular complexity index is 449. The van der Waals surface area contributed by atoms with Crippen LogP contribution in [0.15, 0.2) is 18.2 Å². The molecule has 0 unspecified atom stereocenters. The fraction of sp³-hybridized carbons (Fsp3) is 0.562. The predicted molar refractivity (Wildman–Crippen MR) is 87.3 cm³/mol. The summed E-state index contributed by atoms with van der Waals surface area (Å²) < 4.78 is 0. The number of aliphatic hydroxyl groups is 1. The van der Waals surface area contributed by atoms with E-state index in [9.17, 15) is 4.79 Å². The molecule has 0 bridgehead atoms. The first-order valence-electron chi connectivity index (χ1n) is 7.56. The highest BCUT2D eigenvalue weighted by molar-refractivity contribution is 5.91. The van der Waals surface area contributed by atoms with Gasteiger partial charge in [0.25, 0.3) is 0 Å². The quantitative estimate of drug-likeness (QED) is 0.609. The van der Waals surface area contributed by atoms with Gasteiger partial charge in [-0.2, -0.15) is 0 Å².